The molecule has 0 saturated heterocycles. The monoisotopic (exact) mass is 817 g/mol. The molecule has 8 aromatic carbocycles. The molecule has 0 fully saturated rings. The van der Waals surface area contributed by atoms with Crippen molar-refractivity contribution in [2.24, 2.45) is 0 Å². The summed E-state index contributed by atoms with van der Waals surface area (Å²) in [5.74, 6) is 1.30. The first kappa shape index (κ1) is 38.3. The fourth-order valence-corrected chi connectivity index (χ4v) is 8.43. The SMILES string of the molecule is c1ccc(-c2cc(-c3ccccc3-c3ccc(-c4ccccn4)cc3-c3ccccc3-c3nc(-c4ccccc4)cc(-c4ccc5ccccc5c4)n3)nc(-c3ccccc3)n2)cc1. The molecule has 0 N–H and O–H groups in total. The predicted molar refractivity (Wildman–Crippen MR) is 262 cm³/mol. The summed E-state index contributed by atoms with van der Waals surface area (Å²) >= 11 is 0. The molecule has 3 aromatic heterocycles. The van der Waals surface area contributed by atoms with Crippen LogP contribution in [0.3, 0.4) is 0 Å². The summed E-state index contributed by atoms with van der Waals surface area (Å²) in [4.78, 5) is 25.9. The van der Waals surface area contributed by atoms with E-state index in [0.717, 1.165) is 95.1 Å². The van der Waals surface area contributed by atoms with E-state index in [-0.39, 0.29) is 0 Å². The van der Waals surface area contributed by atoms with Gasteiger partial charge in [-0.1, -0.05) is 194 Å². The van der Waals surface area contributed by atoms with Gasteiger partial charge >= 0.3 is 0 Å². The van der Waals surface area contributed by atoms with Gasteiger partial charge in [-0.15, -0.1) is 0 Å². The second kappa shape index (κ2) is 17.0. The molecule has 0 saturated carbocycles. The molecule has 0 spiro atoms. The lowest BCUT2D eigenvalue weighted by Gasteiger charge is -2.19. The van der Waals surface area contributed by atoms with E-state index in [1.165, 1.54) is 5.39 Å². The van der Waals surface area contributed by atoms with Crippen LogP contribution in [-0.4, -0.2) is 24.9 Å². The van der Waals surface area contributed by atoms with Crippen LogP contribution in [0.15, 0.2) is 237 Å². The first-order chi connectivity index (χ1) is 31.7. The van der Waals surface area contributed by atoms with Crippen LogP contribution in [0, 0.1) is 0 Å². The molecule has 0 aliphatic heterocycles. The topological polar surface area (TPSA) is 64.5 Å². The van der Waals surface area contributed by atoms with Gasteiger partial charge in [0.25, 0.3) is 0 Å². The highest BCUT2D eigenvalue weighted by Gasteiger charge is 2.21. The Balaban J connectivity index is 1.13. The average molecular weight is 818 g/mol. The Labute approximate surface area is 372 Å². The Bertz CT molecular complexity index is 3370. The van der Waals surface area contributed by atoms with Crippen LogP contribution >= 0.6 is 0 Å². The van der Waals surface area contributed by atoms with Crippen LogP contribution in [-0.2, 0) is 0 Å². The van der Waals surface area contributed by atoms with E-state index in [1.54, 1.807) is 0 Å². The Morgan fingerprint density at radius 1 is 0.219 bits per heavy atom. The Morgan fingerprint density at radius 3 is 1.36 bits per heavy atom. The van der Waals surface area contributed by atoms with Crippen molar-refractivity contribution in [2.75, 3.05) is 0 Å². The van der Waals surface area contributed by atoms with Crippen molar-refractivity contribution in [1.82, 2.24) is 24.9 Å². The number of rotatable bonds is 9. The third kappa shape index (κ3) is 7.63. The maximum absolute atomic E-state index is 5.38. The van der Waals surface area contributed by atoms with Crippen LogP contribution in [0.2, 0.25) is 0 Å². The average Bonchev–Trinajstić information content (AvgIpc) is 3.39. The summed E-state index contributed by atoms with van der Waals surface area (Å²) in [6, 6.07) is 79.7. The molecule has 64 heavy (non-hydrogen) atoms. The van der Waals surface area contributed by atoms with Gasteiger partial charge in [-0.2, -0.15) is 0 Å². The van der Waals surface area contributed by atoms with Crippen molar-refractivity contribution >= 4 is 10.8 Å². The van der Waals surface area contributed by atoms with E-state index in [4.69, 9.17) is 24.9 Å². The summed E-state index contributed by atoms with van der Waals surface area (Å²) in [5, 5.41) is 2.34. The summed E-state index contributed by atoms with van der Waals surface area (Å²) in [7, 11) is 0. The highest BCUT2D eigenvalue weighted by atomic mass is 14.9. The first-order valence-corrected chi connectivity index (χ1v) is 21.4. The minimum atomic E-state index is 0.637. The highest BCUT2D eigenvalue weighted by Crippen LogP contribution is 2.43. The molecule has 0 atom stereocenters. The van der Waals surface area contributed by atoms with Crippen molar-refractivity contribution < 1.29 is 0 Å². The van der Waals surface area contributed by atoms with Gasteiger partial charge in [-0.05, 0) is 69.4 Å². The van der Waals surface area contributed by atoms with Gasteiger partial charge in [0.05, 0.1) is 28.5 Å². The molecule has 5 nitrogen and oxygen atoms in total. The molecule has 0 aliphatic carbocycles. The van der Waals surface area contributed by atoms with E-state index >= 15 is 0 Å². The number of benzene rings is 8. The molecule has 0 unspecified atom stereocenters. The van der Waals surface area contributed by atoms with Crippen molar-refractivity contribution in [2.45, 2.75) is 0 Å². The zero-order valence-corrected chi connectivity index (χ0v) is 34.8. The summed E-state index contributed by atoms with van der Waals surface area (Å²) in [5.41, 5.74) is 15.3. The van der Waals surface area contributed by atoms with E-state index in [2.05, 4.69) is 176 Å². The fourth-order valence-electron chi connectivity index (χ4n) is 8.43. The van der Waals surface area contributed by atoms with Crippen molar-refractivity contribution in [1.29, 1.82) is 0 Å². The van der Waals surface area contributed by atoms with Crippen LogP contribution in [0.4, 0.5) is 0 Å². The summed E-state index contributed by atoms with van der Waals surface area (Å²) in [6.07, 6.45) is 1.84. The number of pyridine rings is 1. The lowest BCUT2D eigenvalue weighted by molar-refractivity contribution is 1.18. The Kier molecular flexibility index (Phi) is 10.2. The lowest BCUT2D eigenvalue weighted by Crippen LogP contribution is -1.99. The molecule has 11 rings (SSSR count). The largest absolute Gasteiger partial charge is 0.256 e. The standard InChI is InChI=1S/C59H39N5/c1-4-19-41(20-5-1)54-38-56(45-32-31-40-18-10-11-25-44(40)36-45)63-59(62-54)51-29-15-13-27-48(51)52-37-46(53-30-16-17-35-60-53)33-34-49(52)47-26-12-14-28-50(47)57-39-55(42-21-6-2-7-22-42)61-58(64-57)43-23-8-3-9-24-43/h1-39H. The predicted octanol–water partition coefficient (Wildman–Crippen LogP) is 14.8. The normalized spacial score (nSPS) is 11.1. The third-order valence-corrected chi connectivity index (χ3v) is 11.6. The minimum absolute atomic E-state index is 0.637. The fraction of sp³-hybridized carbons (Fsp3) is 0. The molecular weight excluding hydrogens is 779 g/mol. The number of fused-ring (bicyclic) bond motifs is 1. The van der Waals surface area contributed by atoms with Gasteiger partial charge in [0.15, 0.2) is 11.6 Å². The number of aromatic nitrogens is 5. The first-order valence-electron chi connectivity index (χ1n) is 21.4. The molecule has 0 bridgehead atoms. The molecule has 0 aliphatic rings. The molecule has 300 valence electrons. The van der Waals surface area contributed by atoms with Crippen LogP contribution < -0.4 is 0 Å². The van der Waals surface area contributed by atoms with Gasteiger partial charge in [0.1, 0.15) is 0 Å². The van der Waals surface area contributed by atoms with Crippen LogP contribution in [0.25, 0.3) is 112 Å². The lowest BCUT2D eigenvalue weighted by atomic mass is 9.87. The van der Waals surface area contributed by atoms with E-state index in [1.807, 2.05) is 60.8 Å². The molecular formula is C59H39N5. The van der Waals surface area contributed by atoms with E-state index in [9.17, 15) is 0 Å². The van der Waals surface area contributed by atoms with Gasteiger partial charge < -0.3 is 0 Å². The third-order valence-electron chi connectivity index (χ3n) is 11.6. The molecule has 3 heterocycles. The quantitative estimate of drug-likeness (QED) is 0.145. The minimum Gasteiger partial charge on any atom is -0.256 e. The smallest absolute Gasteiger partial charge is 0.161 e. The van der Waals surface area contributed by atoms with E-state index in [0.29, 0.717) is 11.6 Å². The van der Waals surface area contributed by atoms with E-state index < -0.39 is 0 Å². The summed E-state index contributed by atoms with van der Waals surface area (Å²) in [6.45, 7) is 0. The van der Waals surface area contributed by atoms with Gasteiger partial charge in [0, 0.05) is 45.1 Å². The number of nitrogens with zero attached hydrogens (tertiary/aromatic N) is 5. The van der Waals surface area contributed by atoms with Gasteiger partial charge in [0.2, 0.25) is 0 Å². The number of hydrogen-bond acceptors (Lipinski definition) is 5. The van der Waals surface area contributed by atoms with Gasteiger partial charge in [-0.25, -0.2) is 19.9 Å². The molecule has 0 radical (unpaired) electrons. The van der Waals surface area contributed by atoms with Crippen LogP contribution in [0.1, 0.15) is 0 Å². The molecule has 0 amide bonds. The van der Waals surface area contributed by atoms with Crippen molar-refractivity contribution in [3.8, 4) is 101 Å². The maximum atomic E-state index is 5.38. The molecule has 11 aromatic rings. The van der Waals surface area contributed by atoms with Crippen molar-refractivity contribution in [3.63, 3.8) is 0 Å². The Hall–Kier alpha value is -8.67. The highest BCUT2D eigenvalue weighted by molar-refractivity contribution is 5.97. The second-order valence-electron chi connectivity index (χ2n) is 15.7. The van der Waals surface area contributed by atoms with Gasteiger partial charge in [-0.3, -0.25) is 4.98 Å². The summed E-state index contributed by atoms with van der Waals surface area (Å²) < 4.78 is 0. The zero-order chi connectivity index (χ0) is 42.7. The Morgan fingerprint density at radius 2 is 0.688 bits per heavy atom. The van der Waals surface area contributed by atoms with Crippen LogP contribution in [0.5, 0.6) is 0 Å². The second-order valence-corrected chi connectivity index (χ2v) is 15.7. The zero-order valence-electron chi connectivity index (χ0n) is 34.8. The number of hydrogen-bond donors (Lipinski definition) is 0. The van der Waals surface area contributed by atoms with Crippen molar-refractivity contribution in [3.05, 3.63) is 237 Å². The maximum Gasteiger partial charge on any atom is 0.161 e. The molecule has 5 heteroatoms.